The zero-order valence-electron chi connectivity index (χ0n) is 13.7. The van der Waals surface area contributed by atoms with E-state index in [4.69, 9.17) is 4.74 Å². The van der Waals surface area contributed by atoms with Crippen molar-refractivity contribution in [3.05, 3.63) is 38.9 Å². The molecule has 1 aliphatic heterocycles. The monoisotopic (exact) mass is 485 g/mol. The number of carbonyl (C=O) groups excluding carboxylic acids is 3. The lowest BCUT2D eigenvalue weighted by Crippen LogP contribution is -2.23. The van der Waals surface area contributed by atoms with E-state index in [0.717, 1.165) is 9.99 Å². The van der Waals surface area contributed by atoms with E-state index in [-0.39, 0.29) is 18.9 Å². The van der Waals surface area contributed by atoms with Gasteiger partial charge in [0.2, 0.25) is 5.91 Å². The second-order valence-corrected chi connectivity index (χ2v) is 7.75. The Morgan fingerprint density at radius 1 is 1.38 bits per heavy atom. The number of carbonyl (C=O) groups is 3. The van der Waals surface area contributed by atoms with Crippen LogP contribution in [0.15, 0.2) is 29.6 Å². The number of thiazole rings is 1. The summed E-state index contributed by atoms with van der Waals surface area (Å²) in [5, 5.41) is 5.00. The molecule has 0 saturated carbocycles. The first kappa shape index (κ1) is 18.8. The Labute approximate surface area is 167 Å². The first-order valence-corrected chi connectivity index (χ1v) is 9.93. The lowest BCUT2D eigenvalue weighted by atomic mass is 10.3. The van der Waals surface area contributed by atoms with Gasteiger partial charge in [-0.3, -0.25) is 19.3 Å². The van der Waals surface area contributed by atoms with Crippen molar-refractivity contribution in [1.29, 1.82) is 0 Å². The minimum atomic E-state index is -0.535. The molecule has 1 N–H and O–H groups in total. The molecule has 0 bridgehead atoms. The fraction of sp³-hybridized carbons (Fsp3) is 0.294. The molecule has 2 amide bonds. The second kappa shape index (κ2) is 8.58. The third-order valence-electron chi connectivity index (χ3n) is 3.64. The van der Waals surface area contributed by atoms with Gasteiger partial charge in [-0.15, -0.1) is 11.3 Å². The van der Waals surface area contributed by atoms with Crippen molar-refractivity contribution in [2.75, 3.05) is 23.4 Å². The summed E-state index contributed by atoms with van der Waals surface area (Å²) in [5.74, 6) is -0.880. The lowest BCUT2D eigenvalue weighted by Gasteiger charge is -2.10. The number of halogens is 1. The Morgan fingerprint density at radius 2 is 2.23 bits per heavy atom. The number of rotatable bonds is 6. The van der Waals surface area contributed by atoms with E-state index in [0.29, 0.717) is 29.5 Å². The van der Waals surface area contributed by atoms with Crippen LogP contribution in [0.2, 0.25) is 0 Å². The number of benzene rings is 1. The third-order valence-corrected chi connectivity index (χ3v) is 5.23. The maximum atomic E-state index is 11.9. The summed E-state index contributed by atoms with van der Waals surface area (Å²) in [6.45, 7) is 0.306. The van der Waals surface area contributed by atoms with E-state index in [1.807, 2.05) is 18.2 Å². The summed E-state index contributed by atoms with van der Waals surface area (Å²) in [4.78, 5) is 41.4. The average Bonchev–Trinajstić information content (AvgIpc) is 3.21. The summed E-state index contributed by atoms with van der Waals surface area (Å²) >= 11 is 3.47. The summed E-state index contributed by atoms with van der Waals surface area (Å²) in [6, 6.07) is 7.32. The number of hydrogen-bond acceptors (Lipinski definition) is 6. The molecule has 7 nitrogen and oxygen atoms in total. The van der Waals surface area contributed by atoms with E-state index >= 15 is 0 Å². The van der Waals surface area contributed by atoms with Crippen molar-refractivity contribution in [2.24, 2.45) is 0 Å². The summed E-state index contributed by atoms with van der Waals surface area (Å²) in [6.07, 6.45) is 1.33. The fourth-order valence-corrected chi connectivity index (χ4v) is 3.87. The third kappa shape index (κ3) is 5.01. The van der Waals surface area contributed by atoms with Gasteiger partial charge in [-0.1, -0.05) is 6.07 Å². The molecule has 0 unspecified atom stereocenters. The van der Waals surface area contributed by atoms with Gasteiger partial charge in [-0.2, -0.15) is 0 Å². The Balaban J connectivity index is 1.46. The molecule has 0 radical (unpaired) electrons. The normalized spacial score (nSPS) is 13.7. The first-order valence-electron chi connectivity index (χ1n) is 7.97. The minimum absolute atomic E-state index is 0.0327. The van der Waals surface area contributed by atoms with Crippen LogP contribution in [0, 0.1) is 3.57 Å². The molecule has 1 fully saturated rings. The highest BCUT2D eigenvalue weighted by Gasteiger charge is 2.24. The molecule has 2 aromatic rings. The number of aromatic nitrogens is 1. The van der Waals surface area contributed by atoms with Gasteiger partial charge in [0.1, 0.15) is 0 Å². The van der Waals surface area contributed by atoms with Gasteiger partial charge in [-0.05, 0) is 47.2 Å². The van der Waals surface area contributed by atoms with Crippen molar-refractivity contribution in [2.45, 2.75) is 19.3 Å². The number of amides is 2. The number of hydrogen-bond donors (Lipinski definition) is 1. The van der Waals surface area contributed by atoms with Crippen LogP contribution in [-0.4, -0.2) is 35.9 Å². The molecule has 1 saturated heterocycles. The maximum absolute atomic E-state index is 11.9. The SMILES string of the molecule is O=C(COC(=O)Cc1csc(N2CCCC2=O)n1)Nc1cccc(I)c1. The quantitative estimate of drug-likeness (QED) is 0.502. The molecular weight excluding hydrogens is 469 g/mol. The van der Waals surface area contributed by atoms with Crippen LogP contribution < -0.4 is 10.2 Å². The number of nitrogens with zero attached hydrogens (tertiary/aromatic N) is 2. The van der Waals surface area contributed by atoms with Gasteiger partial charge in [0.05, 0.1) is 12.1 Å². The van der Waals surface area contributed by atoms with E-state index in [1.54, 1.807) is 16.3 Å². The standard InChI is InChI=1S/C17H16IN3O4S/c18-11-3-1-4-12(7-11)19-14(22)9-25-16(24)8-13-10-26-17(20-13)21-6-2-5-15(21)23/h1,3-4,7,10H,2,5-6,8-9H2,(H,19,22). The molecule has 0 spiro atoms. The van der Waals surface area contributed by atoms with Crippen molar-refractivity contribution in [3.8, 4) is 0 Å². The van der Waals surface area contributed by atoms with E-state index in [2.05, 4.69) is 32.9 Å². The Bertz CT molecular complexity index is 839. The Kier molecular flexibility index (Phi) is 6.20. The Hall–Kier alpha value is -2.01. The second-order valence-electron chi connectivity index (χ2n) is 5.67. The average molecular weight is 485 g/mol. The predicted molar refractivity (Wildman–Crippen MR) is 106 cm³/mol. The molecule has 1 aliphatic rings. The summed E-state index contributed by atoms with van der Waals surface area (Å²) in [5.41, 5.74) is 1.19. The highest BCUT2D eigenvalue weighted by molar-refractivity contribution is 14.1. The van der Waals surface area contributed by atoms with Gasteiger partial charge in [-0.25, -0.2) is 4.98 Å². The molecule has 1 aromatic carbocycles. The zero-order valence-corrected chi connectivity index (χ0v) is 16.7. The largest absolute Gasteiger partial charge is 0.455 e. The van der Waals surface area contributed by atoms with Gasteiger partial charge in [0.15, 0.2) is 11.7 Å². The van der Waals surface area contributed by atoms with Crippen molar-refractivity contribution < 1.29 is 19.1 Å². The minimum Gasteiger partial charge on any atom is -0.455 e. The molecule has 26 heavy (non-hydrogen) atoms. The van der Waals surface area contributed by atoms with Gasteiger partial charge in [0, 0.05) is 27.6 Å². The van der Waals surface area contributed by atoms with Gasteiger partial charge >= 0.3 is 5.97 Å². The van der Waals surface area contributed by atoms with Crippen molar-refractivity contribution in [3.63, 3.8) is 0 Å². The van der Waals surface area contributed by atoms with Crippen LogP contribution in [0.3, 0.4) is 0 Å². The Morgan fingerprint density at radius 3 is 2.96 bits per heavy atom. The predicted octanol–water partition coefficient (Wildman–Crippen LogP) is 2.60. The van der Waals surface area contributed by atoms with Crippen LogP contribution in [0.1, 0.15) is 18.5 Å². The van der Waals surface area contributed by atoms with Crippen molar-refractivity contribution >= 4 is 62.5 Å². The summed E-state index contributed by atoms with van der Waals surface area (Å²) in [7, 11) is 0. The van der Waals surface area contributed by atoms with Crippen LogP contribution in [-0.2, 0) is 25.5 Å². The molecular formula is C17H16IN3O4S. The van der Waals surface area contributed by atoms with Gasteiger partial charge in [0.25, 0.3) is 5.91 Å². The topological polar surface area (TPSA) is 88.6 Å². The van der Waals surface area contributed by atoms with E-state index in [1.165, 1.54) is 11.3 Å². The van der Waals surface area contributed by atoms with Crippen molar-refractivity contribution in [1.82, 2.24) is 4.98 Å². The van der Waals surface area contributed by atoms with Crippen LogP contribution in [0.25, 0.3) is 0 Å². The first-order chi connectivity index (χ1) is 12.5. The number of ether oxygens (including phenoxy) is 1. The number of esters is 1. The fourth-order valence-electron chi connectivity index (χ4n) is 2.46. The molecule has 0 aliphatic carbocycles. The molecule has 3 rings (SSSR count). The van der Waals surface area contributed by atoms with E-state index in [9.17, 15) is 14.4 Å². The van der Waals surface area contributed by atoms with Crippen LogP contribution in [0.5, 0.6) is 0 Å². The lowest BCUT2D eigenvalue weighted by molar-refractivity contribution is -0.146. The highest BCUT2D eigenvalue weighted by Crippen LogP contribution is 2.25. The van der Waals surface area contributed by atoms with Crippen LogP contribution in [0.4, 0.5) is 10.8 Å². The molecule has 0 atom stereocenters. The summed E-state index contributed by atoms with van der Waals surface area (Å²) < 4.78 is 5.99. The highest BCUT2D eigenvalue weighted by atomic mass is 127. The zero-order chi connectivity index (χ0) is 18.5. The van der Waals surface area contributed by atoms with Gasteiger partial charge < -0.3 is 10.1 Å². The molecule has 2 heterocycles. The number of anilines is 2. The number of nitrogens with one attached hydrogen (secondary N) is 1. The molecule has 9 heteroatoms. The van der Waals surface area contributed by atoms with E-state index < -0.39 is 11.9 Å². The van der Waals surface area contributed by atoms with Crippen LogP contribution >= 0.6 is 33.9 Å². The maximum Gasteiger partial charge on any atom is 0.312 e. The smallest absolute Gasteiger partial charge is 0.312 e. The molecule has 136 valence electrons. The molecule has 1 aromatic heterocycles.